The molecule has 0 saturated carbocycles. The van der Waals surface area contributed by atoms with Crippen LogP contribution in [0.5, 0.6) is 0 Å². The molecule has 4 rings (SSSR count). The third-order valence-electron chi connectivity index (χ3n) is 3.96. The summed E-state index contributed by atoms with van der Waals surface area (Å²) < 4.78 is 0. The summed E-state index contributed by atoms with van der Waals surface area (Å²) in [5.41, 5.74) is 5.45. The number of aromatic nitrogens is 1. The molecule has 4 heteroatoms. The molecule has 1 aromatic heterocycles. The van der Waals surface area contributed by atoms with Crippen molar-refractivity contribution in [2.24, 2.45) is 0 Å². The number of nitrogens with one attached hydrogen (secondary N) is 2. The lowest BCUT2D eigenvalue weighted by molar-refractivity contribution is 1.04. The van der Waals surface area contributed by atoms with Gasteiger partial charge in [-0.25, -0.2) is 0 Å². The van der Waals surface area contributed by atoms with E-state index in [4.69, 9.17) is 11.6 Å². The van der Waals surface area contributed by atoms with Crippen molar-refractivity contribution >= 4 is 28.2 Å². The van der Waals surface area contributed by atoms with Gasteiger partial charge in [0.15, 0.2) is 0 Å². The monoisotopic (exact) mass is 296 g/mol. The Bertz CT molecular complexity index is 914. The van der Waals surface area contributed by atoms with Crippen molar-refractivity contribution in [2.75, 3.05) is 11.9 Å². The Morgan fingerprint density at radius 1 is 1.00 bits per heavy atom. The van der Waals surface area contributed by atoms with Crippen LogP contribution in [0.3, 0.4) is 0 Å². The van der Waals surface area contributed by atoms with Crippen molar-refractivity contribution in [3.63, 3.8) is 0 Å². The van der Waals surface area contributed by atoms with Crippen LogP contribution in [0.15, 0.2) is 47.3 Å². The molecule has 2 heterocycles. The number of halogens is 1. The van der Waals surface area contributed by atoms with E-state index in [0.717, 1.165) is 40.1 Å². The Morgan fingerprint density at radius 3 is 2.76 bits per heavy atom. The minimum Gasteiger partial charge on any atom is -0.384 e. The van der Waals surface area contributed by atoms with Gasteiger partial charge in [0.2, 0.25) is 5.56 Å². The molecule has 0 spiro atoms. The maximum Gasteiger partial charge on any atom is 0.248 e. The Labute approximate surface area is 126 Å². The lowest BCUT2D eigenvalue weighted by Gasteiger charge is -2.12. The van der Waals surface area contributed by atoms with E-state index in [-0.39, 0.29) is 5.56 Å². The Balaban J connectivity index is 2.06. The first-order chi connectivity index (χ1) is 10.2. The van der Waals surface area contributed by atoms with Crippen LogP contribution in [-0.4, -0.2) is 11.5 Å². The van der Waals surface area contributed by atoms with Crippen LogP contribution >= 0.6 is 11.6 Å². The highest BCUT2D eigenvalue weighted by Gasteiger charge is 2.16. The summed E-state index contributed by atoms with van der Waals surface area (Å²) >= 11 is 6.11. The average Bonchev–Trinajstić information content (AvgIpc) is 2.65. The van der Waals surface area contributed by atoms with E-state index in [1.165, 1.54) is 11.1 Å². The van der Waals surface area contributed by atoms with Crippen molar-refractivity contribution in [3.05, 3.63) is 63.4 Å². The average molecular weight is 297 g/mol. The quantitative estimate of drug-likeness (QED) is 0.662. The molecule has 0 fully saturated rings. The van der Waals surface area contributed by atoms with Crippen molar-refractivity contribution < 1.29 is 0 Å². The largest absolute Gasteiger partial charge is 0.384 e. The molecule has 0 aliphatic carbocycles. The van der Waals surface area contributed by atoms with Gasteiger partial charge in [-0.05, 0) is 41.8 Å². The van der Waals surface area contributed by atoms with Crippen LogP contribution < -0.4 is 10.9 Å². The van der Waals surface area contributed by atoms with E-state index < -0.39 is 0 Å². The topological polar surface area (TPSA) is 44.9 Å². The highest BCUT2D eigenvalue weighted by molar-refractivity contribution is 6.30. The first-order valence-corrected chi connectivity index (χ1v) is 7.29. The number of benzene rings is 2. The fraction of sp³-hybridized carbons (Fsp3) is 0.118. The summed E-state index contributed by atoms with van der Waals surface area (Å²) in [6, 6.07) is 13.5. The van der Waals surface area contributed by atoms with E-state index in [0.29, 0.717) is 0 Å². The summed E-state index contributed by atoms with van der Waals surface area (Å²) in [4.78, 5) is 14.3. The van der Waals surface area contributed by atoms with Crippen molar-refractivity contribution in [1.82, 2.24) is 4.98 Å². The second-order valence-corrected chi connectivity index (χ2v) is 5.69. The lowest BCUT2D eigenvalue weighted by Crippen LogP contribution is -2.06. The number of aromatic amines is 1. The van der Waals surface area contributed by atoms with Crippen molar-refractivity contribution in [1.29, 1.82) is 0 Å². The Hall–Kier alpha value is -2.26. The van der Waals surface area contributed by atoms with Gasteiger partial charge >= 0.3 is 0 Å². The minimum atomic E-state index is -0.0803. The van der Waals surface area contributed by atoms with Gasteiger partial charge in [-0.3, -0.25) is 4.79 Å². The molecule has 3 nitrogen and oxygen atoms in total. The fourth-order valence-electron chi connectivity index (χ4n) is 3.00. The summed E-state index contributed by atoms with van der Waals surface area (Å²) in [5, 5.41) is 5.29. The molecular weight excluding hydrogens is 284 g/mol. The molecule has 1 aliphatic rings. The molecule has 2 aromatic carbocycles. The van der Waals surface area contributed by atoms with Crippen LogP contribution in [-0.2, 0) is 6.42 Å². The second-order valence-electron chi connectivity index (χ2n) is 5.25. The minimum absolute atomic E-state index is 0.0803. The molecule has 0 unspecified atom stereocenters. The van der Waals surface area contributed by atoms with Crippen LogP contribution in [0.4, 0.5) is 5.69 Å². The molecule has 21 heavy (non-hydrogen) atoms. The number of pyridine rings is 1. The first-order valence-electron chi connectivity index (χ1n) is 6.91. The van der Waals surface area contributed by atoms with Gasteiger partial charge < -0.3 is 10.3 Å². The van der Waals surface area contributed by atoms with Gasteiger partial charge in [0.05, 0.1) is 11.2 Å². The van der Waals surface area contributed by atoms with Crippen LogP contribution in [0, 0.1) is 0 Å². The molecule has 104 valence electrons. The number of anilines is 1. The summed E-state index contributed by atoms with van der Waals surface area (Å²) in [7, 11) is 0. The predicted molar refractivity (Wildman–Crippen MR) is 87.2 cm³/mol. The summed E-state index contributed by atoms with van der Waals surface area (Å²) in [6.45, 7) is 0.846. The Kier molecular flexibility index (Phi) is 2.76. The zero-order chi connectivity index (χ0) is 14.4. The second kappa shape index (κ2) is 4.64. The van der Waals surface area contributed by atoms with Crippen LogP contribution in [0.1, 0.15) is 5.56 Å². The fourth-order valence-corrected chi connectivity index (χ4v) is 3.20. The molecule has 0 amide bonds. The van der Waals surface area contributed by atoms with E-state index in [2.05, 4.69) is 22.4 Å². The standard InChI is InChI=1S/C17H13ClN2O/c18-11-1-2-12-10(9-11)7-8-19-17-13(12)3-5-15-14(17)4-6-16(21)20-15/h1-6,9,19H,7-8H2,(H,20,21). The molecule has 0 atom stereocenters. The number of hydrogen-bond acceptors (Lipinski definition) is 2. The maximum atomic E-state index is 11.5. The molecule has 0 radical (unpaired) electrons. The smallest absolute Gasteiger partial charge is 0.248 e. The maximum absolute atomic E-state index is 11.5. The molecule has 1 aliphatic heterocycles. The predicted octanol–water partition coefficient (Wildman–Crippen LogP) is 3.82. The molecule has 3 aromatic rings. The Morgan fingerprint density at radius 2 is 1.86 bits per heavy atom. The van der Waals surface area contributed by atoms with Gasteiger partial charge in [-0.2, -0.15) is 0 Å². The SMILES string of the molecule is O=c1ccc2c3c(ccc2[nH]1)-c1ccc(Cl)cc1CCN3. The van der Waals surface area contributed by atoms with E-state index in [1.807, 2.05) is 24.3 Å². The van der Waals surface area contributed by atoms with Gasteiger partial charge in [0, 0.05) is 28.6 Å². The zero-order valence-electron chi connectivity index (χ0n) is 11.2. The van der Waals surface area contributed by atoms with Crippen molar-refractivity contribution in [3.8, 4) is 11.1 Å². The van der Waals surface area contributed by atoms with Crippen LogP contribution in [0.2, 0.25) is 5.02 Å². The summed E-state index contributed by atoms with van der Waals surface area (Å²) in [5.74, 6) is 0. The molecule has 0 saturated heterocycles. The van der Waals surface area contributed by atoms with Gasteiger partial charge in [-0.15, -0.1) is 0 Å². The normalized spacial score (nSPS) is 13.2. The third-order valence-corrected chi connectivity index (χ3v) is 4.19. The lowest BCUT2D eigenvalue weighted by atomic mass is 9.96. The molecule has 0 bridgehead atoms. The van der Waals surface area contributed by atoms with Gasteiger partial charge in [-0.1, -0.05) is 23.7 Å². The van der Waals surface area contributed by atoms with Gasteiger partial charge in [0.1, 0.15) is 0 Å². The van der Waals surface area contributed by atoms with E-state index in [9.17, 15) is 4.79 Å². The number of hydrogen-bond donors (Lipinski definition) is 2. The van der Waals surface area contributed by atoms with E-state index >= 15 is 0 Å². The highest BCUT2D eigenvalue weighted by Crippen LogP contribution is 2.38. The number of fused-ring (bicyclic) bond motifs is 5. The van der Waals surface area contributed by atoms with Crippen LogP contribution in [0.25, 0.3) is 22.0 Å². The zero-order valence-corrected chi connectivity index (χ0v) is 12.0. The molecular formula is C17H13ClN2O. The first kappa shape index (κ1) is 12.5. The van der Waals surface area contributed by atoms with E-state index in [1.54, 1.807) is 6.07 Å². The highest BCUT2D eigenvalue weighted by atomic mass is 35.5. The van der Waals surface area contributed by atoms with Gasteiger partial charge in [0.25, 0.3) is 0 Å². The number of H-pyrrole nitrogens is 1. The summed E-state index contributed by atoms with van der Waals surface area (Å²) in [6.07, 6.45) is 0.926. The number of rotatable bonds is 0. The molecule has 2 N–H and O–H groups in total. The third kappa shape index (κ3) is 2.01. The van der Waals surface area contributed by atoms with Crippen molar-refractivity contribution in [2.45, 2.75) is 6.42 Å².